The molecule has 5 heteroatoms. The van der Waals surface area contributed by atoms with Gasteiger partial charge >= 0.3 is 0 Å². The van der Waals surface area contributed by atoms with Gasteiger partial charge in [-0.05, 0) is 36.1 Å². The first kappa shape index (κ1) is 23.0. The predicted molar refractivity (Wildman–Crippen MR) is 119 cm³/mol. The van der Waals surface area contributed by atoms with E-state index >= 15 is 0 Å². The maximum Gasteiger partial charge on any atom is 0.243 e. The lowest BCUT2D eigenvalue weighted by Gasteiger charge is -2.31. The summed E-state index contributed by atoms with van der Waals surface area (Å²) in [5.41, 5.74) is 1.99. The Morgan fingerprint density at radius 3 is 2.28 bits per heavy atom. The van der Waals surface area contributed by atoms with Crippen LogP contribution < -0.4 is 5.32 Å². The Balaban J connectivity index is 2.30. The molecule has 0 saturated heterocycles. The number of amides is 2. The lowest BCUT2D eigenvalue weighted by atomic mass is 10.0. The zero-order valence-corrected chi connectivity index (χ0v) is 18.1. The Labute approximate surface area is 179 Å². The first-order chi connectivity index (χ1) is 14.0. The van der Waals surface area contributed by atoms with Crippen LogP contribution >= 0.6 is 11.6 Å². The molecule has 156 valence electrons. The van der Waals surface area contributed by atoms with E-state index in [0.717, 1.165) is 30.4 Å². The largest absolute Gasteiger partial charge is 0.354 e. The quantitative estimate of drug-likeness (QED) is 0.526. The van der Waals surface area contributed by atoms with Crippen LogP contribution in [0.1, 0.15) is 50.7 Å². The molecule has 0 heterocycles. The molecule has 0 fully saturated rings. The molecule has 0 aromatic heterocycles. The number of nitrogens with one attached hydrogen (secondary N) is 1. The highest BCUT2D eigenvalue weighted by atomic mass is 35.5. The Morgan fingerprint density at radius 1 is 0.966 bits per heavy atom. The maximum absolute atomic E-state index is 13.1. The van der Waals surface area contributed by atoms with Crippen molar-refractivity contribution in [3.63, 3.8) is 0 Å². The molecule has 0 aliphatic rings. The van der Waals surface area contributed by atoms with Gasteiger partial charge in [-0.25, -0.2) is 0 Å². The normalized spacial score (nSPS) is 11.7. The van der Waals surface area contributed by atoms with Gasteiger partial charge in [-0.2, -0.15) is 0 Å². The lowest BCUT2D eigenvalue weighted by Crippen LogP contribution is -2.50. The summed E-state index contributed by atoms with van der Waals surface area (Å²) in [5, 5.41) is 3.67. The zero-order valence-electron chi connectivity index (χ0n) is 17.4. The van der Waals surface area contributed by atoms with E-state index in [1.54, 1.807) is 4.90 Å². The Morgan fingerprint density at radius 2 is 1.66 bits per heavy atom. The number of carbonyl (C=O) groups is 2. The van der Waals surface area contributed by atoms with Gasteiger partial charge in [0.05, 0.1) is 0 Å². The molecule has 0 aliphatic heterocycles. The van der Waals surface area contributed by atoms with Crippen molar-refractivity contribution in [2.75, 3.05) is 6.54 Å². The van der Waals surface area contributed by atoms with Crippen molar-refractivity contribution < 1.29 is 9.59 Å². The van der Waals surface area contributed by atoms with E-state index < -0.39 is 6.04 Å². The van der Waals surface area contributed by atoms with Crippen molar-refractivity contribution in [1.82, 2.24) is 10.2 Å². The second-order valence-electron chi connectivity index (χ2n) is 7.25. The minimum Gasteiger partial charge on any atom is -0.354 e. The van der Waals surface area contributed by atoms with E-state index in [1.165, 1.54) is 0 Å². The van der Waals surface area contributed by atoms with Crippen LogP contribution in [-0.2, 0) is 22.6 Å². The minimum atomic E-state index is -0.552. The summed E-state index contributed by atoms with van der Waals surface area (Å²) in [6.45, 7) is 5.07. The minimum absolute atomic E-state index is 0.00553. The summed E-state index contributed by atoms with van der Waals surface area (Å²) in [6.07, 6.45) is 3.57. The number of rotatable bonds is 11. The van der Waals surface area contributed by atoms with Gasteiger partial charge < -0.3 is 10.2 Å². The molecule has 1 unspecified atom stereocenters. The van der Waals surface area contributed by atoms with E-state index in [4.69, 9.17) is 11.6 Å². The monoisotopic (exact) mass is 414 g/mol. The van der Waals surface area contributed by atoms with E-state index in [1.807, 2.05) is 61.5 Å². The second-order valence-corrected chi connectivity index (χ2v) is 7.68. The van der Waals surface area contributed by atoms with Gasteiger partial charge in [0.2, 0.25) is 11.8 Å². The molecule has 2 rings (SSSR count). The SMILES string of the molecule is CCCCNC(=O)C(Cc1ccccc1)N(Cc1ccc(Cl)cc1)C(=O)CCC. The van der Waals surface area contributed by atoms with Crippen molar-refractivity contribution in [2.24, 2.45) is 0 Å². The second kappa shape index (κ2) is 12.3. The molecule has 4 nitrogen and oxygen atoms in total. The van der Waals surface area contributed by atoms with Gasteiger partial charge in [-0.3, -0.25) is 9.59 Å². The molecular formula is C24H31ClN2O2. The molecule has 2 amide bonds. The standard InChI is InChI=1S/C24H31ClN2O2/c1-3-5-16-26-24(29)22(17-19-10-7-6-8-11-19)27(23(28)9-4-2)18-20-12-14-21(25)15-13-20/h6-8,10-15,22H,3-5,9,16-18H2,1-2H3,(H,26,29). The van der Waals surface area contributed by atoms with Crippen molar-refractivity contribution in [3.05, 3.63) is 70.7 Å². The molecule has 0 aliphatic carbocycles. The van der Waals surface area contributed by atoms with E-state index in [-0.39, 0.29) is 11.8 Å². The zero-order chi connectivity index (χ0) is 21.1. The molecule has 2 aromatic rings. The molecule has 0 spiro atoms. The molecular weight excluding hydrogens is 384 g/mol. The van der Waals surface area contributed by atoms with Crippen molar-refractivity contribution >= 4 is 23.4 Å². The van der Waals surface area contributed by atoms with Crippen LogP contribution in [0.2, 0.25) is 5.02 Å². The third-order valence-electron chi connectivity index (χ3n) is 4.83. The van der Waals surface area contributed by atoms with Gasteiger partial charge in [0.15, 0.2) is 0 Å². The average Bonchev–Trinajstić information content (AvgIpc) is 2.73. The van der Waals surface area contributed by atoms with Gasteiger partial charge in [0.1, 0.15) is 6.04 Å². The molecule has 1 atom stereocenters. The van der Waals surface area contributed by atoms with Crippen LogP contribution in [0, 0.1) is 0 Å². The molecule has 0 bridgehead atoms. The number of carbonyl (C=O) groups excluding carboxylic acids is 2. The fourth-order valence-electron chi connectivity index (χ4n) is 3.20. The van der Waals surface area contributed by atoms with E-state index in [0.29, 0.717) is 31.0 Å². The van der Waals surface area contributed by atoms with Crippen LogP contribution in [-0.4, -0.2) is 29.3 Å². The Bertz CT molecular complexity index is 762. The van der Waals surface area contributed by atoms with Gasteiger partial charge in [0, 0.05) is 31.0 Å². The Kier molecular flexibility index (Phi) is 9.72. The molecule has 2 aromatic carbocycles. The molecule has 1 N–H and O–H groups in total. The van der Waals surface area contributed by atoms with Crippen molar-refractivity contribution in [2.45, 2.75) is 58.5 Å². The van der Waals surface area contributed by atoms with Gasteiger partial charge in [0.25, 0.3) is 0 Å². The summed E-state index contributed by atoms with van der Waals surface area (Å²) in [4.78, 5) is 27.8. The van der Waals surface area contributed by atoms with Crippen LogP contribution in [0.3, 0.4) is 0 Å². The third kappa shape index (κ3) is 7.54. The van der Waals surface area contributed by atoms with Crippen LogP contribution in [0.25, 0.3) is 0 Å². The van der Waals surface area contributed by atoms with E-state index in [2.05, 4.69) is 12.2 Å². The first-order valence-corrected chi connectivity index (χ1v) is 10.8. The lowest BCUT2D eigenvalue weighted by molar-refractivity contribution is -0.141. The summed E-state index contributed by atoms with van der Waals surface area (Å²) < 4.78 is 0. The van der Waals surface area contributed by atoms with Gasteiger partial charge in [-0.15, -0.1) is 0 Å². The molecule has 0 radical (unpaired) electrons. The third-order valence-corrected chi connectivity index (χ3v) is 5.08. The predicted octanol–water partition coefficient (Wildman–Crippen LogP) is 5.00. The molecule has 0 saturated carbocycles. The van der Waals surface area contributed by atoms with E-state index in [9.17, 15) is 9.59 Å². The fourth-order valence-corrected chi connectivity index (χ4v) is 3.33. The number of unbranched alkanes of at least 4 members (excludes halogenated alkanes) is 1. The van der Waals surface area contributed by atoms with Crippen molar-refractivity contribution in [1.29, 1.82) is 0 Å². The number of hydrogen-bond donors (Lipinski definition) is 1. The number of nitrogens with zero attached hydrogens (tertiary/aromatic N) is 1. The maximum atomic E-state index is 13.1. The fraction of sp³-hybridized carbons (Fsp3) is 0.417. The highest BCUT2D eigenvalue weighted by Crippen LogP contribution is 2.18. The highest BCUT2D eigenvalue weighted by Gasteiger charge is 2.29. The van der Waals surface area contributed by atoms with Crippen LogP contribution in [0.4, 0.5) is 0 Å². The number of hydrogen-bond acceptors (Lipinski definition) is 2. The van der Waals surface area contributed by atoms with Crippen molar-refractivity contribution in [3.8, 4) is 0 Å². The summed E-state index contributed by atoms with van der Waals surface area (Å²) >= 11 is 6.01. The summed E-state index contributed by atoms with van der Waals surface area (Å²) in [5.74, 6) is -0.102. The van der Waals surface area contributed by atoms with Gasteiger partial charge in [-0.1, -0.05) is 74.3 Å². The first-order valence-electron chi connectivity index (χ1n) is 10.4. The summed E-state index contributed by atoms with van der Waals surface area (Å²) in [7, 11) is 0. The molecule has 29 heavy (non-hydrogen) atoms. The number of halogens is 1. The average molecular weight is 415 g/mol. The summed E-state index contributed by atoms with van der Waals surface area (Å²) in [6, 6.07) is 16.7. The smallest absolute Gasteiger partial charge is 0.243 e. The Hall–Kier alpha value is -2.33. The van der Waals surface area contributed by atoms with Crippen LogP contribution in [0.5, 0.6) is 0 Å². The highest BCUT2D eigenvalue weighted by molar-refractivity contribution is 6.30. The number of benzene rings is 2. The topological polar surface area (TPSA) is 49.4 Å². The van der Waals surface area contributed by atoms with Crippen LogP contribution in [0.15, 0.2) is 54.6 Å².